The molecule has 1 aromatic rings. The van der Waals surface area contributed by atoms with Crippen LogP contribution in [-0.2, 0) is 21.4 Å². The van der Waals surface area contributed by atoms with Crippen molar-refractivity contribution in [2.75, 3.05) is 13.6 Å². The molecular formula is C22H28N2O4. The molecule has 0 radical (unpaired) electrons. The number of aryl methyl sites for hydroxylation is 1. The van der Waals surface area contributed by atoms with E-state index in [1.165, 1.54) is 23.6 Å². The Bertz CT molecular complexity index is 882. The average Bonchev–Trinajstić information content (AvgIpc) is 2.96. The lowest BCUT2D eigenvalue weighted by Crippen LogP contribution is -2.68. The van der Waals surface area contributed by atoms with Gasteiger partial charge in [0.2, 0.25) is 5.91 Å². The zero-order valence-electron chi connectivity index (χ0n) is 17.0. The number of amides is 1. The van der Waals surface area contributed by atoms with Crippen LogP contribution in [0.5, 0.6) is 11.5 Å². The molecule has 1 aromatic carbocycles. The normalized spacial score (nSPS) is 35.0. The first-order valence-corrected chi connectivity index (χ1v) is 10.3. The van der Waals surface area contributed by atoms with E-state index in [0.717, 1.165) is 38.0 Å². The molecule has 28 heavy (non-hydrogen) atoms. The van der Waals surface area contributed by atoms with Gasteiger partial charge in [-0.1, -0.05) is 0 Å². The largest absolute Gasteiger partial charge is 0.483 e. The van der Waals surface area contributed by atoms with Crippen LogP contribution in [0.3, 0.4) is 0 Å². The molecule has 2 aliphatic heterocycles. The topological polar surface area (TPSA) is 67.9 Å². The Morgan fingerprint density at radius 3 is 2.82 bits per heavy atom. The molecule has 2 aliphatic carbocycles. The number of benzene rings is 1. The van der Waals surface area contributed by atoms with Gasteiger partial charge in [-0.25, -0.2) is 0 Å². The van der Waals surface area contributed by atoms with Crippen molar-refractivity contribution < 1.29 is 19.1 Å². The van der Waals surface area contributed by atoms with Gasteiger partial charge in [0, 0.05) is 30.9 Å². The van der Waals surface area contributed by atoms with E-state index in [1.54, 1.807) is 6.92 Å². The number of ether oxygens (including phenoxy) is 2. The van der Waals surface area contributed by atoms with Crippen LogP contribution in [-0.4, -0.2) is 48.6 Å². The van der Waals surface area contributed by atoms with E-state index < -0.39 is 0 Å². The standard InChI is InChI=1S/C22H28N2O4/c1-11-9-18(27-13(3)26)20-19-14(11)10-17-15-5-6-16(23-12(2)25)21(28-20)22(15,19)7-8-24(17)4/h9,15-17,21H,5-8,10H2,1-4H3,(H,23,25). The number of rotatable bonds is 2. The molecule has 0 aromatic heterocycles. The molecule has 2 fully saturated rings. The lowest BCUT2D eigenvalue weighted by atomic mass is 9.51. The fourth-order valence-electron chi connectivity index (χ4n) is 6.63. The minimum atomic E-state index is -0.335. The molecule has 5 unspecified atom stereocenters. The number of carbonyl (C=O) groups excluding carboxylic acids is 2. The van der Waals surface area contributed by atoms with Crippen molar-refractivity contribution in [1.29, 1.82) is 0 Å². The van der Waals surface area contributed by atoms with Crippen LogP contribution in [0, 0.1) is 12.8 Å². The molecule has 4 aliphatic rings. The summed E-state index contributed by atoms with van der Waals surface area (Å²) >= 11 is 0. The van der Waals surface area contributed by atoms with E-state index in [9.17, 15) is 9.59 Å². The molecule has 1 amide bonds. The number of likely N-dealkylation sites (tertiary alicyclic amines) is 1. The van der Waals surface area contributed by atoms with Crippen molar-refractivity contribution in [2.24, 2.45) is 5.92 Å². The highest BCUT2D eigenvalue weighted by Crippen LogP contribution is 2.64. The number of nitrogens with zero attached hydrogens (tertiary/aromatic N) is 1. The second-order valence-corrected chi connectivity index (χ2v) is 9.04. The molecule has 6 nitrogen and oxygen atoms in total. The Kier molecular flexibility index (Phi) is 3.83. The molecule has 1 spiro atoms. The van der Waals surface area contributed by atoms with Crippen LogP contribution in [0.25, 0.3) is 0 Å². The second-order valence-electron chi connectivity index (χ2n) is 9.04. The Hall–Kier alpha value is -2.08. The zero-order valence-corrected chi connectivity index (χ0v) is 17.0. The third kappa shape index (κ3) is 2.24. The Balaban J connectivity index is 1.73. The predicted octanol–water partition coefficient (Wildman–Crippen LogP) is 2.09. The smallest absolute Gasteiger partial charge is 0.308 e. The van der Waals surface area contributed by atoms with Gasteiger partial charge in [0.1, 0.15) is 6.10 Å². The van der Waals surface area contributed by atoms with Crippen molar-refractivity contribution in [3.8, 4) is 11.5 Å². The summed E-state index contributed by atoms with van der Waals surface area (Å²) in [6.45, 7) is 6.13. The third-order valence-corrected chi connectivity index (χ3v) is 7.57. The SMILES string of the molecule is CC(=O)NC1CCC2C3Cc4c(C)cc(OC(C)=O)c5c4C2(CCN3C)C1O5. The maximum absolute atomic E-state index is 11.9. The molecule has 1 N–H and O–H groups in total. The highest BCUT2D eigenvalue weighted by molar-refractivity contribution is 5.75. The van der Waals surface area contributed by atoms with Crippen LogP contribution in [0.4, 0.5) is 0 Å². The summed E-state index contributed by atoms with van der Waals surface area (Å²) < 4.78 is 12.2. The number of carbonyl (C=O) groups is 2. The number of hydrogen-bond donors (Lipinski definition) is 1. The third-order valence-electron chi connectivity index (χ3n) is 7.57. The average molecular weight is 384 g/mol. The minimum Gasteiger partial charge on any atom is -0.483 e. The van der Waals surface area contributed by atoms with E-state index >= 15 is 0 Å². The summed E-state index contributed by atoms with van der Waals surface area (Å²) in [4.78, 5) is 26.1. The fraction of sp³-hybridized carbons (Fsp3) is 0.636. The van der Waals surface area contributed by atoms with E-state index in [-0.39, 0.29) is 29.4 Å². The van der Waals surface area contributed by atoms with Gasteiger partial charge < -0.3 is 19.7 Å². The Labute approximate surface area is 165 Å². The van der Waals surface area contributed by atoms with Gasteiger partial charge in [0.15, 0.2) is 11.5 Å². The van der Waals surface area contributed by atoms with Crippen LogP contribution in [0.15, 0.2) is 6.07 Å². The number of piperidine rings is 1. The maximum Gasteiger partial charge on any atom is 0.308 e. The molecule has 2 heterocycles. The fourth-order valence-corrected chi connectivity index (χ4v) is 6.63. The van der Waals surface area contributed by atoms with E-state index in [1.807, 2.05) is 6.07 Å². The first-order valence-electron chi connectivity index (χ1n) is 10.3. The van der Waals surface area contributed by atoms with Gasteiger partial charge in [-0.05, 0) is 69.3 Å². The summed E-state index contributed by atoms with van der Waals surface area (Å²) in [5, 5.41) is 3.15. The molecule has 5 atom stereocenters. The molecule has 2 bridgehead atoms. The van der Waals surface area contributed by atoms with Gasteiger partial charge >= 0.3 is 5.97 Å². The molecule has 1 saturated heterocycles. The van der Waals surface area contributed by atoms with Crippen molar-refractivity contribution in [3.63, 3.8) is 0 Å². The summed E-state index contributed by atoms with van der Waals surface area (Å²) in [6.07, 6.45) is 3.92. The second kappa shape index (κ2) is 5.96. The zero-order chi connectivity index (χ0) is 19.8. The van der Waals surface area contributed by atoms with Gasteiger partial charge in [0.25, 0.3) is 0 Å². The van der Waals surface area contributed by atoms with Gasteiger partial charge in [0.05, 0.1) is 6.04 Å². The minimum absolute atomic E-state index is 0.0124. The highest BCUT2D eigenvalue weighted by Gasteiger charge is 2.65. The van der Waals surface area contributed by atoms with Crippen LogP contribution >= 0.6 is 0 Å². The Morgan fingerprint density at radius 1 is 1.32 bits per heavy atom. The lowest BCUT2D eigenvalue weighted by Gasteiger charge is -2.59. The van der Waals surface area contributed by atoms with E-state index in [2.05, 4.69) is 24.2 Å². The van der Waals surface area contributed by atoms with Crippen LogP contribution in [0.2, 0.25) is 0 Å². The predicted molar refractivity (Wildman–Crippen MR) is 104 cm³/mol. The maximum atomic E-state index is 11.9. The molecule has 1 saturated carbocycles. The van der Waals surface area contributed by atoms with E-state index in [4.69, 9.17) is 9.47 Å². The number of likely N-dealkylation sites (N-methyl/N-ethyl adjacent to an activating group) is 1. The number of hydrogen-bond acceptors (Lipinski definition) is 5. The van der Waals surface area contributed by atoms with Crippen molar-refractivity contribution in [2.45, 2.75) is 70.1 Å². The first kappa shape index (κ1) is 18.0. The number of esters is 1. The van der Waals surface area contributed by atoms with Gasteiger partial charge in [-0.3, -0.25) is 9.59 Å². The molecule has 150 valence electrons. The van der Waals surface area contributed by atoms with E-state index in [0.29, 0.717) is 17.7 Å². The van der Waals surface area contributed by atoms with Crippen molar-refractivity contribution in [1.82, 2.24) is 10.2 Å². The first-order chi connectivity index (χ1) is 13.3. The summed E-state index contributed by atoms with van der Waals surface area (Å²) in [7, 11) is 2.23. The Morgan fingerprint density at radius 2 is 2.11 bits per heavy atom. The lowest BCUT2D eigenvalue weighted by molar-refractivity contribution is -0.132. The molecule has 6 heteroatoms. The van der Waals surface area contributed by atoms with Crippen LogP contribution in [0.1, 0.15) is 49.8 Å². The summed E-state index contributed by atoms with van der Waals surface area (Å²) in [6, 6.07) is 2.43. The van der Waals surface area contributed by atoms with Crippen LogP contribution < -0.4 is 14.8 Å². The highest BCUT2D eigenvalue weighted by atomic mass is 16.6. The summed E-state index contributed by atoms with van der Waals surface area (Å²) in [5.74, 6) is 1.42. The van der Waals surface area contributed by atoms with Crippen molar-refractivity contribution >= 4 is 11.9 Å². The molecule has 5 rings (SSSR count). The van der Waals surface area contributed by atoms with Crippen molar-refractivity contribution in [3.05, 3.63) is 22.8 Å². The quantitative estimate of drug-likeness (QED) is 0.625. The monoisotopic (exact) mass is 384 g/mol. The number of nitrogens with one attached hydrogen (secondary N) is 1. The molecular weight excluding hydrogens is 356 g/mol. The van der Waals surface area contributed by atoms with Gasteiger partial charge in [-0.2, -0.15) is 0 Å². The van der Waals surface area contributed by atoms with Gasteiger partial charge in [-0.15, -0.1) is 0 Å². The summed E-state index contributed by atoms with van der Waals surface area (Å²) in [5.41, 5.74) is 3.67.